The van der Waals surface area contributed by atoms with E-state index in [9.17, 15) is 14.4 Å². The van der Waals surface area contributed by atoms with Gasteiger partial charge in [-0.2, -0.15) is 5.10 Å². The van der Waals surface area contributed by atoms with Crippen LogP contribution < -0.4 is 11.1 Å². The lowest BCUT2D eigenvalue weighted by Crippen LogP contribution is -2.26. The summed E-state index contributed by atoms with van der Waals surface area (Å²) in [5, 5.41) is 6.87. The molecule has 31 heavy (non-hydrogen) atoms. The highest BCUT2D eigenvalue weighted by molar-refractivity contribution is 5.90. The Morgan fingerprint density at radius 3 is 2.84 bits per heavy atom. The van der Waals surface area contributed by atoms with Crippen LogP contribution in [0.1, 0.15) is 33.6 Å². The molecule has 3 heterocycles. The molecule has 0 amide bonds. The smallest absolute Gasteiger partial charge is 0.338 e. The van der Waals surface area contributed by atoms with E-state index in [4.69, 9.17) is 4.74 Å². The zero-order valence-corrected chi connectivity index (χ0v) is 17.2. The van der Waals surface area contributed by atoms with Crippen molar-refractivity contribution in [3.8, 4) is 5.69 Å². The summed E-state index contributed by atoms with van der Waals surface area (Å²) >= 11 is 0. The summed E-state index contributed by atoms with van der Waals surface area (Å²) in [5.74, 6) is -0.500. The third-order valence-corrected chi connectivity index (χ3v) is 5.00. The van der Waals surface area contributed by atoms with Crippen molar-refractivity contribution in [2.45, 2.75) is 26.7 Å². The monoisotopic (exact) mass is 419 g/mol. The number of fused-ring (bicyclic) bond motifs is 1. The van der Waals surface area contributed by atoms with Gasteiger partial charge in [0.15, 0.2) is 5.65 Å². The number of aryl methyl sites for hydroxylation is 3. The molecule has 0 aliphatic rings. The number of nitrogens with zero attached hydrogens (tertiary/aromatic N) is 4. The minimum Gasteiger partial charge on any atom is -0.462 e. The van der Waals surface area contributed by atoms with E-state index >= 15 is 0 Å². The number of aromatic nitrogens is 5. The summed E-state index contributed by atoms with van der Waals surface area (Å²) in [6.45, 7) is 4.18. The minimum atomic E-state index is -0.500. The molecular weight excluding hydrogens is 398 g/mol. The Kier molecular flexibility index (Phi) is 5.48. The van der Waals surface area contributed by atoms with E-state index < -0.39 is 17.1 Å². The number of aromatic amines is 1. The average Bonchev–Trinajstić information content (AvgIpc) is 3.06. The number of hydrogen-bond acceptors (Lipinski definition) is 6. The Bertz CT molecular complexity index is 1380. The first kappa shape index (κ1) is 20.3. The van der Waals surface area contributed by atoms with Gasteiger partial charge in [-0.1, -0.05) is 6.07 Å². The van der Waals surface area contributed by atoms with Crippen molar-refractivity contribution >= 4 is 11.6 Å². The van der Waals surface area contributed by atoms with Gasteiger partial charge in [-0.05, 0) is 50.5 Å². The number of carbonyl (C=O) groups excluding carboxylic acids is 1. The van der Waals surface area contributed by atoms with Gasteiger partial charge in [-0.25, -0.2) is 19.0 Å². The molecule has 1 N–H and O–H groups in total. The highest BCUT2D eigenvalue weighted by Crippen LogP contribution is 2.13. The molecule has 9 heteroatoms. The lowest BCUT2D eigenvalue weighted by molar-refractivity contribution is 0.0500. The third kappa shape index (κ3) is 4.30. The summed E-state index contributed by atoms with van der Waals surface area (Å²) in [6, 6.07) is 8.66. The first-order valence-corrected chi connectivity index (χ1v) is 9.83. The number of nitrogens with one attached hydrogen (secondary N) is 1. The van der Waals surface area contributed by atoms with E-state index in [2.05, 4.69) is 15.2 Å². The predicted molar refractivity (Wildman–Crippen MR) is 114 cm³/mol. The van der Waals surface area contributed by atoms with Crippen molar-refractivity contribution in [1.82, 2.24) is 24.4 Å². The Morgan fingerprint density at radius 2 is 2.00 bits per heavy atom. The van der Waals surface area contributed by atoms with Crippen LogP contribution in [0.15, 0.2) is 58.4 Å². The molecule has 0 aliphatic heterocycles. The van der Waals surface area contributed by atoms with Crippen LogP contribution >= 0.6 is 0 Å². The molecule has 0 bridgehead atoms. The van der Waals surface area contributed by atoms with Crippen LogP contribution in [0.2, 0.25) is 0 Å². The van der Waals surface area contributed by atoms with Gasteiger partial charge < -0.3 is 4.74 Å². The van der Waals surface area contributed by atoms with Crippen molar-refractivity contribution < 1.29 is 9.53 Å². The zero-order chi connectivity index (χ0) is 22.0. The maximum absolute atomic E-state index is 12.4. The lowest BCUT2D eigenvalue weighted by atomic mass is 10.2. The van der Waals surface area contributed by atoms with E-state index in [1.165, 1.54) is 12.1 Å². The molecule has 0 atom stereocenters. The normalized spacial score (nSPS) is 11.0. The second-order valence-electron chi connectivity index (χ2n) is 7.21. The number of carbonyl (C=O) groups is 1. The van der Waals surface area contributed by atoms with Crippen molar-refractivity contribution in [2.24, 2.45) is 0 Å². The largest absolute Gasteiger partial charge is 0.462 e. The van der Waals surface area contributed by atoms with Crippen LogP contribution in [0.4, 0.5) is 0 Å². The second-order valence-corrected chi connectivity index (χ2v) is 7.21. The number of esters is 1. The van der Waals surface area contributed by atoms with Crippen LogP contribution in [0.3, 0.4) is 0 Å². The van der Waals surface area contributed by atoms with Crippen LogP contribution in [0.25, 0.3) is 11.3 Å². The van der Waals surface area contributed by atoms with E-state index in [1.54, 1.807) is 22.7 Å². The van der Waals surface area contributed by atoms with Gasteiger partial charge in [0.05, 0.1) is 23.6 Å². The molecule has 4 aromatic rings. The summed E-state index contributed by atoms with van der Waals surface area (Å²) in [5.41, 5.74) is 3.69. The second kappa shape index (κ2) is 8.39. The standard InChI is InChI=1S/C22H21N5O4/c1-14-15(2)24-26-13-16(12-23-21(14)26)5-4-10-31-22(30)17-6-3-7-18(11-17)27-20(29)9-8-19(28)25-27/h3,6-9,11-13H,4-5,10H2,1-2H3,(H,25,28). The van der Waals surface area contributed by atoms with Crippen LogP contribution in [0, 0.1) is 13.8 Å². The number of H-pyrrole nitrogens is 1. The van der Waals surface area contributed by atoms with Crippen molar-refractivity contribution in [2.75, 3.05) is 6.61 Å². The molecule has 0 aliphatic carbocycles. The summed E-state index contributed by atoms with van der Waals surface area (Å²) < 4.78 is 8.22. The molecule has 9 nitrogen and oxygen atoms in total. The van der Waals surface area contributed by atoms with Gasteiger partial charge in [-0.15, -0.1) is 0 Å². The topological polar surface area (TPSA) is 111 Å². The van der Waals surface area contributed by atoms with E-state index in [-0.39, 0.29) is 6.61 Å². The van der Waals surface area contributed by atoms with E-state index in [1.807, 2.05) is 26.2 Å². The Morgan fingerprint density at radius 1 is 1.16 bits per heavy atom. The average molecular weight is 419 g/mol. The lowest BCUT2D eigenvalue weighted by Gasteiger charge is -2.08. The number of benzene rings is 1. The molecule has 0 fully saturated rings. The Hall–Kier alpha value is -4.01. The van der Waals surface area contributed by atoms with Crippen LogP contribution in [-0.4, -0.2) is 37.0 Å². The molecule has 4 rings (SSSR count). The highest BCUT2D eigenvalue weighted by atomic mass is 16.5. The third-order valence-electron chi connectivity index (χ3n) is 5.00. The van der Waals surface area contributed by atoms with Gasteiger partial charge in [0.25, 0.3) is 11.1 Å². The number of ether oxygens (including phenoxy) is 1. The zero-order valence-electron chi connectivity index (χ0n) is 17.2. The molecule has 0 unspecified atom stereocenters. The molecule has 0 spiro atoms. The highest BCUT2D eigenvalue weighted by Gasteiger charge is 2.10. The van der Waals surface area contributed by atoms with Gasteiger partial charge in [0.1, 0.15) is 0 Å². The fraction of sp³-hybridized carbons (Fsp3) is 0.227. The summed E-state index contributed by atoms with van der Waals surface area (Å²) in [6.07, 6.45) is 5.07. The van der Waals surface area contributed by atoms with Crippen LogP contribution in [0.5, 0.6) is 0 Å². The SMILES string of the molecule is Cc1nn2cc(CCCOC(=O)c3cccc(-n4[nH]c(=O)ccc4=O)c3)cnc2c1C. The fourth-order valence-corrected chi connectivity index (χ4v) is 3.24. The summed E-state index contributed by atoms with van der Waals surface area (Å²) in [4.78, 5) is 40.3. The minimum absolute atomic E-state index is 0.236. The molecule has 0 saturated heterocycles. The first-order chi connectivity index (χ1) is 14.9. The first-order valence-electron chi connectivity index (χ1n) is 9.83. The maximum Gasteiger partial charge on any atom is 0.338 e. The van der Waals surface area contributed by atoms with E-state index in [0.29, 0.717) is 24.1 Å². The molecule has 0 saturated carbocycles. The van der Waals surface area contributed by atoms with Gasteiger partial charge in [0, 0.05) is 30.1 Å². The fourth-order valence-electron chi connectivity index (χ4n) is 3.24. The molecule has 158 valence electrons. The van der Waals surface area contributed by atoms with Gasteiger partial charge in [-0.3, -0.25) is 14.7 Å². The van der Waals surface area contributed by atoms with Crippen molar-refractivity contribution in [3.63, 3.8) is 0 Å². The van der Waals surface area contributed by atoms with Gasteiger partial charge >= 0.3 is 5.97 Å². The van der Waals surface area contributed by atoms with E-state index in [0.717, 1.165) is 33.2 Å². The Labute approximate surface area is 176 Å². The van der Waals surface area contributed by atoms with Crippen LogP contribution in [-0.2, 0) is 11.2 Å². The maximum atomic E-state index is 12.4. The quantitative estimate of drug-likeness (QED) is 0.378. The molecule has 3 aromatic heterocycles. The predicted octanol–water partition coefficient (Wildman–Crippen LogP) is 1.97. The van der Waals surface area contributed by atoms with Gasteiger partial charge in [0.2, 0.25) is 0 Å². The Balaban J connectivity index is 1.37. The van der Waals surface area contributed by atoms with Crippen molar-refractivity contribution in [1.29, 1.82) is 0 Å². The molecular formula is C22H21N5O4. The van der Waals surface area contributed by atoms with Crippen molar-refractivity contribution in [3.05, 3.63) is 91.9 Å². The number of hydrogen-bond donors (Lipinski definition) is 1. The molecule has 1 aromatic carbocycles. The molecule has 0 radical (unpaired) electrons. The number of rotatable bonds is 6. The summed E-state index contributed by atoms with van der Waals surface area (Å²) in [7, 11) is 0.